The number of carbonyl (C=O) groups excluding carboxylic acids is 1. The fourth-order valence-electron chi connectivity index (χ4n) is 3.36. The molecule has 0 radical (unpaired) electrons. The second-order valence-electron chi connectivity index (χ2n) is 6.57. The number of rotatable bonds is 5. The van der Waals surface area contributed by atoms with E-state index in [1.807, 2.05) is 48.5 Å². The van der Waals surface area contributed by atoms with Crippen molar-refractivity contribution in [1.82, 2.24) is 4.90 Å². The molecule has 4 rings (SSSR count). The number of fused-ring (bicyclic) bond motifs is 1. The minimum Gasteiger partial charge on any atom is -0.460 e. The lowest BCUT2D eigenvalue weighted by molar-refractivity contribution is -0.152. The van der Waals surface area contributed by atoms with E-state index in [1.54, 1.807) is 11.3 Å². The van der Waals surface area contributed by atoms with E-state index in [0.29, 0.717) is 6.61 Å². The number of hydrogen-bond donors (Lipinski definition) is 0. The van der Waals surface area contributed by atoms with Crippen LogP contribution in [0.15, 0.2) is 72.1 Å². The molecular weight excluding hydrogens is 342 g/mol. The minimum atomic E-state index is -0.235. The highest BCUT2D eigenvalue weighted by molar-refractivity contribution is 7.10. The Morgan fingerprint density at radius 3 is 2.42 bits per heavy atom. The lowest BCUT2D eigenvalue weighted by Gasteiger charge is -2.34. The van der Waals surface area contributed by atoms with Crippen LogP contribution in [0.5, 0.6) is 0 Å². The van der Waals surface area contributed by atoms with Crippen LogP contribution < -0.4 is 0 Å². The van der Waals surface area contributed by atoms with E-state index in [2.05, 4.69) is 28.5 Å². The number of esters is 1. The molecule has 1 unspecified atom stereocenters. The van der Waals surface area contributed by atoms with Gasteiger partial charge in [-0.1, -0.05) is 60.7 Å². The summed E-state index contributed by atoms with van der Waals surface area (Å²) in [6, 6.07) is 22.1. The zero-order valence-electron chi connectivity index (χ0n) is 14.5. The summed E-state index contributed by atoms with van der Waals surface area (Å²) in [4.78, 5) is 16.4. The van der Waals surface area contributed by atoms with E-state index in [1.165, 1.54) is 16.0 Å². The Labute approximate surface area is 157 Å². The van der Waals surface area contributed by atoms with Gasteiger partial charge in [0.1, 0.15) is 12.6 Å². The molecule has 1 atom stereocenters. The molecule has 1 aliphatic rings. The predicted octanol–water partition coefficient (Wildman–Crippen LogP) is 4.42. The van der Waals surface area contributed by atoms with Gasteiger partial charge in [-0.25, -0.2) is 0 Å². The van der Waals surface area contributed by atoms with E-state index < -0.39 is 0 Å². The lowest BCUT2D eigenvalue weighted by atomic mass is 9.99. The molecule has 0 aliphatic carbocycles. The second kappa shape index (κ2) is 7.85. The fourth-order valence-corrected chi connectivity index (χ4v) is 4.30. The van der Waals surface area contributed by atoms with E-state index in [9.17, 15) is 4.79 Å². The van der Waals surface area contributed by atoms with Crippen LogP contribution in [0.2, 0.25) is 0 Å². The number of hydrogen-bond acceptors (Lipinski definition) is 4. The van der Waals surface area contributed by atoms with Crippen molar-refractivity contribution in [2.24, 2.45) is 0 Å². The number of ether oxygens (including phenoxy) is 1. The van der Waals surface area contributed by atoms with Crippen LogP contribution in [-0.2, 0) is 35.6 Å². The summed E-state index contributed by atoms with van der Waals surface area (Å²) in [6.45, 7) is 1.88. The standard InChI is InChI=1S/C22H21NO2S/c24-22(25-16-18-9-5-2-6-10-18)20-13-19-11-12-26-21(19)15-23(20)14-17-7-3-1-4-8-17/h1-12,20H,13-16H2. The molecule has 0 spiro atoms. The van der Waals surface area contributed by atoms with Gasteiger partial charge in [0, 0.05) is 18.0 Å². The van der Waals surface area contributed by atoms with Crippen molar-refractivity contribution in [1.29, 1.82) is 0 Å². The Hall–Kier alpha value is -2.43. The van der Waals surface area contributed by atoms with Crippen LogP contribution in [0, 0.1) is 0 Å². The summed E-state index contributed by atoms with van der Waals surface area (Å²) in [5.74, 6) is -0.137. The molecule has 0 saturated heterocycles. The summed E-state index contributed by atoms with van der Waals surface area (Å²) >= 11 is 1.77. The van der Waals surface area contributed by atoms with Crippen molar-refractivity contribution in [3.63, 3.8) is 0 Å². The van der Waals surface area contributed by atoms with E-state index in [4.69, 9.17) is 4.74 Å². The van der Waals surface area contributed by atoms with Gasteiger partial charge < -0.3 is 4.74 Å². The maximum atomic E-state index is 12.8. The minimum absolute atomic E-state index is 0.137. The monoisotopic (exact) mass is 363 g/mol. The van der Waals surface area contributed by atoms with E-state index in [0.717, 1.165) is 25.1 Å². The van der Waals surface area contributed by atoms with Crippen LogP contribution >= 0.6 is 11.3 Å². The Bertz CT molecular complexity index is 860. The zero-order chi connectivity index (χ0) is 17.8. The maximum absolute atomic E-state index is 12.8. The summed E-state index contributed by atoms with van der Waals surface area (Å²) in [6.07, 6.45) is 0.722. The SMILES string of the molecule is O=C(OCc1ccccc1)C1Cc2ccsc2CN1Cc1ccccc1. The molecule has 3 aromatic rings. The molecular formula is C22H21NO2S. The van der Waals surface area contributed by atoms with Gasteiger partial charge in [0.05, 0.1) is 0 Å². The van der Waals surface area contributed by atoms with Gasteiger partial charge in [-0.15, -0.1) is 11.3 Å². The first-order valence-corrected chi connectivity index (χ1v) is 9.71. The molecule has 2 heterocycles. The third-order valence-electron chi connectivity index (χ3n) is 4.76. The van der Waals surface area contributed by atoms with Gasteiger partial charge in [-0.3, -0.25) is 9.69 Å². The lowest BCUT2D eigenvalue weighted by Crippen LogP contribution is -2.45. The Balaban J connectivity index is 1.49. The fraction of sp³-hybridized carbons (Fsp3) is 0.227. The first kappa shape index (κ1) is 17.0. The largest absolute Gasteiger partial charge is 0.460 e. The average Bonchev–Trinajstić information content (AvgIpc) is 3.14. The van der Waals surface area contributed by atoms with Crippen molar-refractivity contribution in [3.05, 3.63) is 93.7 Å². The van der Waals surface area contributed by atoms with Crippen molar-refractivity contribution in [3.8, 4) is 0 Å². The first-order valence-electron chi connectivity index (χ1n) is 8.83. The quantitative estimate of drug-likeness (QED) is 0.629. The van der Waals surface area contributed by atoms with Crippen molar-refractivity contribution in [2.45, 2.75) is 32.2 Å². The third kappa shape index (κ3) is 3.87. The molecule has 0 N–H and O–H groups in total. The van der Waals surface area contributed by atoms with Gasteiger partial charge in [0.25, 0.3) is 0 Å². The van der Waals surface area contributed by atoms with Gasteiger partial charge in [-0.2, -0.15) is 0 Å². The van der Waals surface area contributed by atoms with Crippen molar-refractivity contribution >= 4 is 17.3 Å². The maximum Gasteiger partial charge on any atom is 0.324 e. The molecule has 1 aromatic heterocycles. The number of nitrogens with zero attached hydrogens (tertiary/aromatic N) is 1. The molecule has 1 aliphatic heterocycles. The number of benzene rings is 2. The molecule has 0 bridgehead atoms. The zero-order valence-corrected chi connectivity index (χ0v) is 15.3. The number of thiophene rings is 1. The van der Waals surface area contributed by atoms with Gasteiger partial charge in [0.2, 0.25) is 0 Å². The second-order valence-corrected chi connectivity index (χ2v) is 7.57. The highest BCUT2D eigenvalue weighted by Gasteiger charge is 2.33. The van der Waals surface area contributed by atoms with Crippen LogP contribution in [0.3, 0.4) is 0 Å². The van der Waals surface area contributed by atoms with Crippen LogP contribution in [-0.4, -0.2) is 16.9 Å². The molecule has 0 saturated carbocycles. The average molecular weight is 363 g/mol. The Morgan fingerprint density at radius 2 is 1.69 bits per heavy atom. The molecule has 0 amide bonds. The van der Waals surface area contributed by atoms with Gasteiger partial charge in [-0.05, 0) is 34.6 Å². The molecule has 0 fully saturated rings. The molecule has 4 heteroatoms. The van der Waals surface area contributed by atoms with E-state index in [-0.39, 0.29) is 12.0 Å². The van der Waals surface area contributed by atoms with Crippen molar-refractivity contribution < 1.29 is 9.53 Å². The summed E-state index contributed by atoms with van der Waals surface area (Å²) < 4.78 is 5.65. The highest BCUT2D eigenvalue weighted by atomic mass is 32.1. The molecule has 3 nitrogen and oxygen atoms in total. The summed E-state index contributed by atoms with van der Waals surface area (Å²) in [7, 11) is 0. The summed E-state index contributed by atoms with van der Waals surface area (Å²) in [5, 5.41) is 2.11. The molecule has 132 valence electrons. The van der Waals surface area contributed by atoms with Crippen molar-refractivity contribution in [2.75, 3.05) is 0 Å². The first-order chi connectivity index (χ1) is 12.8. The highest BCUT2D eigenvalue weighted by Crippen LogP contribution is 2.29. The predicted molar refractivity (Wildman–Crippen MR) is 104 cm³/mol. The van der Waals surface area contributed by atoms with Gasteiger partial charge >= 0.3 is 5.97 Å². The molecule has 26 heavy (non-hydrogen) atoms. The van der Waals surface area contributed by atoms with Crippen LogP contribution in [0.4, 0.5) is 0 Å². The normalized spacial score (nSPS) is 16.8. The Kier molecular flexibility index (Phi) is 5.14. The van der Waals surface area contributed by atoms with Gasteiger partial charge in [0.15, 0.2) is 0 Å². The van der Waals surface area contributed by atoms with Crippen LogP contribution in [0.1, 0.15) is 21.6 Å². The van der Waals surface area contributed by atoms with Crippen LogP contribution in [0.25, 0.3) is 0 Å². The topological polar surface area (TPSA) is 29.5 Å². The molecule has 2 aromatic carbocycles. The smallest absolute Gasteiger partial charge is 0.324 e. The van der Waals surface area contributed by atoms with E-state index >= 15 is 0 Å². The Morgan fingerprint density at radius 1 is 1.00 bits per heavy atom. The number of carbonyl (C=O) groups is 1. The summed E-state index contributed by atoms with van der Waals surface area (Å²) in [5.41, 5.74) is 3.51. The third-order valence-corrected chi connectivity index (χ3v) is 5.71.